The zero-order chi connectivity index (χ0) is 18.9. The zero-order valence-corrected chi connectivity index (χ0v) is 14.3. The molecule has 1 atom stereocenters. The van der Waals surface area contributed by atoms with Gasteiger partial charge in [-0.1, -0.05) is 24.3 Å². The van der Waals surface area contributed by atoms with Gasteiger partial charge in [0.05, 0.1) is 4.90 Å². The van der Waals surface area contributed by atoms with Gasteiger partial charge >= 0.3 is 12.0 Å². The molecule has 25 heavy (non-hydrogen) atoms. The summed E-state index contributed by atoms with van der Waals surface area (Å²) >= 11 is 0. The van der Waals surface area contributed by atoms with Gasteiger partial charge in [0.1, 0.15) is 6.04 Å². The van der Waals surface area contributed by atoms with Crippen LogP contribution in [0.1, 0.15) is 6.92 Å². The smallest absolute Gasteiger partial charge is 0.324 e. The maximum Gasteiger partial charge on any atom is 0.324 e. The molecule has 3 amide bonds. The molecule has 1 aromatic carbocycles. The van der Waals surface area contributed by atoms with Crippen molar-refractivity contribution in [2.45, 2.75) is 17.9 Å². The minimum Gasteiger partial charge on any atom is -0.454 e. The van der Waals surface area contributed by atoms with E-state index in [0.29, 0.717) is 0 Å². The topological polar surface area (TPSA) is 131 Å². The number of urea groups is 1. The highest BCUT2D eigenvalue weighted by Gasteiger charge is 2.23. The number of amides is 3. The number of esters is 1. The molecule has 10 heteroatoms. The monoisotopic (exact) mass is 369 g/mol. The fourth-order valence-electron chi connectivity index (χ4n) is 1.58. The summed E-state index contributed by atoms with van der Waals surface area (Å²) in [5, 5.41) is 4.23. The van der Waals surface area contributed by atoms with E-state index >= 15 is 0 Å². The molecule has 0 aromatic heterocycles. The van der Waals surface area contributed by atoms with Gasteiger partial charge in [0.15, 0.2) is 6.61 Å². The highest BCUT2D eigenvalue weighted by molar-refractivity contribution is 7.89. The molecule has 9 nitrogen and oxygen atoms in total. The first-order valence-corrected chi connectivity index (χ1v) is 8.67. The van der Waals surface area contributed by atoms with Gasteiger partial charge in [-0.05, 0) is 19.1 Å². The van der Waals surface area contributed by atoms with E-state index in [4.69, 9.17) is 0 Å². The van der Waals surface area contributed by atoms with Crippen molar-refractivity contribution >= 4 is 27.9 Å². The minimum atomic E-state index is -3.90. The van der Waals surface area contributed by atoms with E-state index in [0.717, 1.165) is 0 Å². The first kappa shape index (κ1) is 20.3. The standard InChI is InChI=1S/C15H19N3O6S/c1-3-9-16-15(21)17-13(19)10-24-14(20)11(2)18-25(22,23)12-7-5-4-6-8-12/h3-8,11,18H,1,9-10H2,2H3,(H2,16,17,19,21)/t11-/m0/s1. The van der Waals surface area contributed by atoms with Crippen LogP contribution < -0.4 is 15.4 Å². The lowest BCUT2D eigenvalue weighted by molar-refractivity contribution is -0.149. The molecule has 0 heterocycles. The fourth-order valence-corrected chi connectivity index (χ4v) is 2.80. The van der Waals surface area contributed by atoms with Crippen LogP contribution in [0, 0.1) is 0 Å². The average Bonchev–Trinajstić information content (AvgIpc) is 2.58. The summed E-state index contributed by atoms with van der Waals surface area (Å²) < 4.78 is 31.0. The Kier molecular flexibility index (Phi) is 7.76. The molecule has 0 aliphatic heterocycles. The summed E-state index contributed by atoms with van der Waals surface area (Å²) in [5.74, 6) is -1.81. The molecule has 0 aliphatic carbocycles. The molecule has 0 saturated heterocycles. The molecule has 0 aliphatic rings. The van der Waals surface area contributed by atoms with Crippen LogP contribution in [-0.2, 0) is 24.3 Å². The molecule has 136 valence electrons. The van der Waals surface area contributed by atoms with Crippen LogP contribution in [0.4, 0.5) is 4.79 Å². The number of hydrogen-bond donors (Lipinski definition) is 3. The first-order valence-electron chi connectivity index (χ1n) is 7.19. The van der Waals surface area contributed by atoms with Crippen LogP contribution in [-0.4, -0.2) is 45.5 Å². The van der Waals surface area contributed by atoms with E-state index in [9.17, 15) is 22.8 Å². The van der Waals surface area contributed by atoms with Gasteiger partial charge in [0.25, 0.3) is 5.91 Å². The quantitative estimate of drug-likeness (QED) is 0.434. The largest absolute Gasteiger partial charge is 0.454 e. The van der Waals surface area contributed by atoms with Gasteiger partial charge in [0, 0.05) is 6.54 Å². The Balaban J connectivity index is 2.48. The summed E-state index contributed by atoms with van der Waals surface area (Å²) in [6.07, 6.45) is 1.42. The number of ether oxygens (including phenoxy) is 1. The van der Waals surface area contributed by atoms with Crippen molar-refractivity contribution in [2.24, 2.45) is 0 Å². The Hall–Kier alpha value is -2.72. The lowest BCUT2D eigenvalue weighted by atomic mass is 10.4. The Bertz CT molecular complexity index is 733. The Labute approximate surface area is 145 Å². The highest BCUT2D eigenvalue weighted by atomic mass is 32.2. The van der Waals surface area contributed by atoms with Crippen molar-refractivity contribution in [3.05, 3.63) is 43.0 Å². The summed E-state index contributed by atoms with van der Waals surface area (Å²) in [6, 6.07) is 5.50. The number of carbonyl (C=O) groups excluding carboxylic acids is 3. The second-order valence-corrected chi connectivity index (χ2v) is 6.52. The molecule has 0 unspecified atom stereocenters. The van der Waals surface area contributed by atoms with Gasteiger partial charge in [-0.15, -0.1) is 6.58 Å². The molecule has 3 N–H and O–H groups in total. The number of imide groups is 1. The van der Waals surface area contributed by atoms with E-state index in [1.807, 2.05) is 5.32 Å². The van der Waals surface area contributed by atoms with Gasteiger partial charge in [-0.25, -0.2) is 13.2 Å². The lowest BCUT2D eigenvalue weighted by Gasteiger charge is -2.13. The average molecular weight is 369 g/mol. The number of rotatable bonds is 8. The molecular weight excluding hydrogens is 350 g/mol. The maximum absolute atomic E-state index is 12.1. The molecule has 1 rings (SSSR count). The SMILES string of the molecule is C=CCNC(=O)NC(=O)COC(=O)[C@H](C)NS(=O)(=O)c1ccccc1. The van der Waals surface area contributed by atoms with Crippen molar-refractivity contribution in [2.75, 3.05) is 13.2 Å². The third-order valence-electron chi connectivity index (χ3n) is 2.74. The van der Waals surface area contributed by atoms with Crippen molar-refractivity contribution in [3.63, 3.8) is 0 Å². The molecule has 0 bridgehead atoms. The summed E-state index contributed by atoms with van der Waals surface area (Å²) in [4.78, 5) is 34.4. The van der Waals surface area contributed by atoms with E-state index in [2.05, 4.69) is 21.4 Å². The van der Waals surface area contributed by atoms with Crippen LogP contribution in [0.15, 0.2) is 47.9 Å². The Morgan fingerprint density at radius 1 is 1.24 bits per heavy atom. The minimum absolute atomic E-state index is 0.00807. The molecular formula is C15H19N3O6S. The third-order valence-corrected chi connectivity index (χ3v) is 4.30. The van der Waals surface area contributed by atoms with E-state index in [1.165, 1.54) is 25.1 Å². The fraction of sp³-hybridized carbons (Fsp3) is 0.267. The van der Waals surface area contributed by atoms with E-state index in [1.54, 1.807) is 18.2 Å². The van der Waals surface area contributed by atoms with Crippen LogP contribution in [0.3, 0.4) is 0 Å². The van der Waals surface area contributed by atoms with Crippen molar-refractivity contribution in [3.8, 4) is 0 Å². The predicted molar refractivity (Wildman–Crippen MR) is 88.9 cm³/mol. The van der Waals surface area contributed by atoms with Crippen molar-refractivity contribution < 1.29 is 27.5 Å². The Morgan fingerprint density at radius 2 is 1.88 bits per heavy atom. The number of benzene rings is 1. The van der Waals surface area contributed by atoms with E-state index in [-0.39, 0.29) is 11.4 Å². The number of carbonyl (C=O) groups is 3. The van der Waals surface area contributed by atoms with Crippen LogP contribution in [0.2, 0.25) is 0 Å². The summed E-state index contributed by atoms with van der Waals surface area (Å²) in [7, 11) is -3.90. The second-order valence-electron chi connectivity index (χ2n) is 4.81. The Morgan fingerprint density at radius 3 is 2.48 bits per heavy atom. The third kappa shape index (κ3) is 7.14. The van der Waals surface area contributed by atoms with E-state index < -0.39 is 40.6 Å². The first-order chi connectivity index (χ1) is 11.8. The lowest BCUT2D eigenvalue weighted by Crippen LogP contribution is -2.43. The highest BCUT2D eigenvalue weighted by Crippen LogP contribution is 2.08. The summed E-state index contributed by atoms with van der Waals surface area (Å²) in [6.45, 7) is 4.10. The summed E-state index contributed by atoms with van der Waals surface area (Å²) in [5.41, 5.74) is 0. The number of nitrogens with one attached hydrogen (secondary N) is 3. The molecule has 0 fully saturated rings. The van der Waals surface area contributed by atoms with Gasteiger partial charge in [0.2, 0.25) is 10.0 Å². The molecule has 0 spiro atoms. The van der Waals surface area contributed by atoms with Crippen LogP contribution >= 0.6 is 0 Å². The van der Waals surface area contributed by atoms with Gasteiger partial charge < -0.3 is 10.1 Å². The maximum atomic E-state index is 12.1. The normalized spacial score (nSPS) is 11.9. The second kappa shape index (κ2) is 9.55. The number of sulfonamides is 1. The molecule has 1 aromatic rings. The predicted octanol–water partition coefficient (Wildman–Crippen LogP) is -0.0916. The van der Waals surface area contributed by atoms with Crippen LogP contribution in [0.5, 0.6) is 0 Å². The molecule has 0 radical (unpaired) electrons. The van der Waals surface area contributed by atoms with Gasteiger partial charge in [-0.2, -0.15) is 4.72 Å². The molecule has 0 saturated carbocycles. The number of hydrogen-bond acceptors (Lipinski definition) is 6. The zero-order valence-electron chi connectivity index (χ0n) is 13.5. The van der Waals surface area contributed by atoms with Gasteiger partial charge in [-0.3, -0.25) is 14.9 Å². The van der Waals surface area contributed by atoms with Crippen LogP contribution in [0.25, 0.3) is 0 Å². The van der Waals surface area contributed by atoms with Crippen molar-refractivity contribution in [1.29, 1.82) is 0 Å². The van der Waals surface area contributed by atoms with Crippen molar-refractivity contribution in [1.82, 2.24) is 15.4 Å².